The first kappa shape index (κ1) is 9.89. The van der Waals surface area contributed by atoms with Crippen molar-refractivity contribution in [1.82, 2.24) is 5.32 Å². The molecule has 0 radical (unpaired) electrons. The molecule has 0 bridgehead atoms. The molecule has 1 nitrogen and oxygen atoms in total. The molecule has 1 aromatic carbocycles. The number of hydrogen-bond donors (Lipinski definition) is 1. The van der Waals surface area contributed by atoms with E-state index in [0.29, 0.717) is 0 Å². The molecule has 1 unspecified atom stereocenters. The Morgan fingerprint density at radius 1 is 1.36 bits per heavy atom. The van der Waals surface area contributed by atoms with Crippen LogP contribution in [0.4, 0.5) is 0 Å². The minimum atomic E-state index is 1.01. The van der Waals surface area contributed by atoms with Crippen molar-refractivity contribution in [2.75, 3.05) is 13.1 Å². The molecule has 0 spiro atoms. The molecule has 0 saturated carbocycles. The molecular formula is C12H16NP. The molecule has 0 fully saturated rings. The summed E-state index contributed by atoms with van der Waals surface area (Å²) in [5.74, 6) is 0. The van der Waals surface area contributed by atoms with Gasteiger partial charge in [0.25, 0.3) is 0 Å². The number of rotatable bonds is 1. The van der Waals surface area contributed by atoms with Gasteiger partial charge >= 0.3 is 0 Å². The van der Waals surface area contributed by atoms with Gasteiger partial charge in [-0.2, -0.15) is 0 Å². The van der Waals surface area contributed by atoms with Crippen LogP contribution >= 0.6 is 9.24 Å². The maximum atomic E-state index is 3.33. The van der Waals surface area contributed by atoms with Crippen molar-refractivity contribution in [3.8, 4) is 0 Å². The first-order valence-electron chi connectivity index (χ1n) is 5.03. The van der Waals surface area contributed by atoms with Crippen LogP contribution in [0.2, 0.25) is 0 Å². The van der Waals surface area contributed by atoms with Gasteiger partial charge in [-0.05, 0) is 48.0 Å². The zero-order valence-electron chi connectivity index (χ0n) is 8.51. The second-order valence-corrected chi connectivity index (χ2v) is 4.38. The number of benzene rings is 1. The summed E-state index contributed by atoms with van der Waals surface area (Å²) in [6, 6.07) is 6.68. The highest BCUT2D eigenvalue weighted by Crippen LogP contribution is 2.19. The fraction of sp³-hybridized carbons (Fsp3) is 0.333. The summed E-state index contributed by atoms with van der Waals surface area (Å²) in [7, 11) is 2.80. The van der Waals surface area contributed by atoms with Gasteiger partial charge in [0.2, 0.25) is 0 Å². The zero-order chi connectivity index (χ0) is 9.97. The van der Waals surface area contributed by atoms with Gasteiger partial charge in [-0.15, -0.1) is 9.24 Å². The van der Waals surface area contributed by atoms with Gasteiger partial charge in [0.1, 0.15) is 0 Å². The van der Waals surface area contributed by atoms with Crippen LogP contribution in [0.5, 0.6) is 0 Å². The molecule has 1 N–H and O–H groups in total. The molecule has 0 amide bonds. The zero-order valence-corrected chi connectivity index (χ0v) is 9.66. The Balaban J connectivity index is 2.32. The lowest BCUT2D eigenvalue weighted by atomic mass is 9.99. The van der Waals surface area contributed by atoms with Gasteiger partial charge in [0.15, 0.2) is 0 Å². The summed E-state index contributed by atoms with van der Waals surface area (Å²) in [4.78, 5) is 0. The molecule has 2 heteroatoms. The molecule has 74 valence electrons. The van der Waals surface area contributed by atoms with Crippen LogP contribution in [0.3, 0.4) is 0 Å². The maximum Gasteiger partial charge on any atom is 0.0140 e. The van der Waals surface area contributed by atoms with E-state index < -0.39 is 0 Å². The Bertz CT molecular complexity index is 369. The number of nitrogens with one attached hydrogen (secondary N) is 1. The van der Waals surface area contributed by atoms with Crippen molar-refractivity contribution in [2.45, 2.75) is 13.3 Å². The third kappa shape index (κ3) is 2.05. The summed E-state index contributed by atoms with van der Waals surface area (Å²) < 4.78 is 0. The Morgan fingerprint density at radius 3 is 2.86 bits per heavy atom. The van der Waals surface area contributed by atoms with Crippen LogP contribution in [0, 0.1) is 6.92 Å². The lowest BCUT2D eigenvalue weighted by molar-refractivity contribution is 0.738. The van der Waals surface area contributed by atoms with E-state index in [2.05, 4.69) is 45.8 Å². The maximum absolute atomic E-state index is 3.33. The average Bonchev–Trinajstić information content (AvgIpc) is 2.23. The molecule has 1 heterocycles. The summed E-state index contributed by atoms with van der Waals surface area (Å²) in [5, 5.41) is 4.64. The standard InChI is InChI=1S/C12H16NP/c1-9-2-3-11(8-12(9)14)10-4-6-13-7-5-10/h2-4,8,13H,5-7,14H2,1H3. The first-order chi connectivity index (χ1) is 6.77. The molecule has 1 aliphatic heterocycles. The monoisotopic (exact) mass is 205 g/mol. The molecule has 0 aromatic heterocycles. The van der Waals surface area contributed by atoms with E-state index in [4.69, 9.17) is 0 Å². The summed E-state index contributed by atoms with van der Waals surface area (Å²) in [5.41, 5.74) is 4.20. The van der Waals surface area contributed by atoms with E-state index in [1.165, 1.54) is 22.0 Å². The van der Waals surface area contributed by atoms with E-state index in [-0.39, 0.29) is 0 Å². The van der Waals surface area contributed by atoms with Crippen LogP contribution in [0.1, 0.15) is 17.5 Å². The SMILES string of the molecule is Cc1ccc(C2=CCNCC2)cc1P. The molecule has 1 aromatic rings. The van der Waals surface area contributed by atoms with Gasteiger partial charge in [-0.3, -0.25) is 0 Å². The minimum Gasteiger partial charge on any atom is -0.313 e. The van der Waals surface area contributed by atoms with E-state index >= 15 is 0 Å². The van der Waals surface area contributed by atoms with Gasteiger partial charge in [0, 0.05) is 6.54 Å². The molecule has 0 saturated heterocycles. The molecular weight excluding hydrogens is 189 g/mol. The number of hydrogen-bond acceptors (Lipinski definition) is 1. The lowest BCUT2D eigenvalue weighted by Gasteiger charge is -2.15. The van der Waals surface area contributed by atoms with Gasteiger partial charge in [0.05, 0.1) is 0 Å². The normalized spacial score (nSPS) is 16.6. The summed E-state index contributed by atoms with van der Waals surface area (Å²) in [6.07, 6.45) is 3.44. The minimum absolute atomic E-state index is 1.01. The van der Waals surface area contributed by atoms with E-state index in [1.807, 2.05) is 0 Å². The largest absolute Gasteiger partial charge is 0.313 e. The first-order valence-corrected chi connectivity index (χ1v) is 5.61. The molecule has 2 rings (SSSR count). The van der Waals surface area contributed by atoms with Gasteiger partial charge < -0.3 is 5.32 Å². The van der Waals surface area contributed by atoms with Gasteiger partial charge in [-0.25, -0.2) is 0 Å². The topological polar surface area (TPSA) is 12.0 Å². The van der Waals surface area contributed by atoms with E-state index in [9.17, 15) is 0 Å². The fourth-order valence-electron chi connectivity index (χ4n) is 1.72. The Morgan fingerprint density at radius 2 is 2.21 bits per heavy atom. The Labute approximate surface area is 87.8 Å². The fourth-order valence-corrected chi connectivity index (χ4v) is 2.00. The lowest BCUT2D eigenvalue weighted by Crippen LogP contribution is -2.20. The second-order valence-electron chi connectivity index (χ2n) is 3.75. The third-order valence-corrected chi connectivity index (χ3v) is 3.34. The second kappa shape index (κ2) is 4.25. The van der Waals surface area contributed by atoms with Crippen LogP contribution in [0.15, 0.2) is 24.3 Å². The molecule has 1 aliphatic rings. The quantitative estimate of drug-likeness (QED) is 0.690. The van der Waals surface area contributed by atoms with Crippen LogP contribution in [-0.2, 0) is 0 Å². The van der Waals surface area contributed by atoms with Crippen molar-refractivity contribution < 1.29 is 0 Å². The average molecular weight is 205 g/mol. The van der Waals surface area contributed by atoms with Crippen LogP contribution in [0.25, 0.3) is 5.57 Å². The van der Waals surface area contributed by atoms with E-state index in [1.54, 1.807) is 0 Å². The summed E-state index contributed by atoms with van der Waals surface area (Å²) in [6.45, 7) is 4.25. The highest BCUT2D eigenvalue weighted by molar-refractivity contribution is 7.27. The van der Waals surface area contributed by atoms with Crippen molar-refractivity contribution >= 4 is 20.1 Å². The third-order valence-electron chi connectivity index (χ3n) is 2.71. The van der Waals surface area contributed by atoms with Crippen LogP contribution in [-0.4, -0.2) is 13.1 Å². The summed E-state index contributed by atoms with van der Waals surface area (Å²) >= 11 is 0. The highest BCUT2D eigenvalue weighted by atomic mass is 31.0. The predicted octanol–water partition coefficient (Wildman–Crippen LogP) is 1.87. The molecule has 0 aliphatic carbocycles. The molecule has 1 atom stereocenters. The highest BCUT2D eigenvalue weighted by Gasteiger charge is 2.05. The van der Waals surface area contributed by atoms with Gasteiger partial charge in [-0.1, -0.05) is 18.2 Å². The Hall–Kier alpha value is -0.650. The predicted molar refractivity (Wildman–Crippen MR) is 66.0 cm³/mol. The Kier molecular flexibility index (Phi) is 3.00. The molecule has 14 heavy (non-hydrogen) atoms. The van der Waals surface area contributed by atoms with Crippen molar-refractivity contribution in [1.29, 1.82) is 0 Å². The van der Waals surface area contributed by atoms with Crippen molar-refractivity contribution in [3.05, 3.63) is 35.4 Å². The van der Waals surface area contributed by atoms with E-state index in [0.717, 1.165) is 19.5 Å². The smallest absolute Gasteiger partial charge is 0.0140 e. The van der Waals surface area contributed by atoms with Crippen molar-refractivity contribution in [2.24, 2.45) is 0 Å². The number of aryl methyl sites for hydroxylation is 1. The van der Waals surface area contributed by atoms with Crippen LogP contribution < -0.4 is 10.6 Å². The van der Waals surface area contributed by atoms with Crippen molar-refractivity contribution in [3.63, 3.8) is 0 Å².